The van der Waals surface area contributed by atoms with Crippen molar-refractivity contribution in [2.24, 2.45) is 5.92 Å². The van der Waals surface area contributed by atoms with Crippen LogP contribution in [0.5, 0.6) is 0 Å². The second-order valence-electron chi connectivity index (χ2n) is 7.11. The number of aliphatic hydroxyl groups is 1. The molecule has 25 heavy (non-hydrogen) atoms. The highest BCUT2D eigenvalue weighted by atomic mass is 35.5. The number of nitrogens with zero attached hydrogens (tertiary/aromatic N) is 4. The van der Waals surface area contributed by atoms with Crippen LogP contribution in [0.25, 0.3) is 10.9 Å². The molecular formula is C18H19ClN4O2. The van der Waals surface area contributed by atoms with Crippen molar-refractivity contribution in [2.75, 3.05) is 13.1 Å². The molecule has 1 aromatic heterocycles. The molecule has 7 heteroatoms. The van der Waals surface area contributed by atoms with E-state index in [1.807, 2.05) is 29.8 Å². The van der Waals surface area contributed by atoms with Gasteiger partial charge in [0.25, 0.3) is 0 Å². The van der Waals surface area contributed by atoms with Gasteiger partial charge in [0.05, 0.1) is 23.3 Å². The quantitative estimate of drug-likeness (QED) is 0.894. The minimum absolute atomic E-state index is 0.0751. The second-order valence-corrected chi connectivity index (χ2v) is 7.54. The number of amides is 1. The Bertz CT molecular complexity index is 894. The molecule has 1 saturated heterocycles. The average Bonchev–Trinajstić information content (AvgIpc) is 3.12. The lowest BCUT2D eigenvalue weighted by Gasteiger charge is -2.42. The number of nitriles is 1. The van der Waals surface area contributed by atoms with Crippen molar-refractivity contribution in [3.63, 3.8) is 0 Å². The zero-order valence-corrected chi connectivity index (χ0v) is 14.7. The van der Waals surface area contributed by atoms with Gasteiger partial charge in [0, 0.05) is 29.1 Å². The molecule has 3 heterocycles. The molecule has 0 radical (unpaired) electrons. The summed E-state index contributed by atoms with van der Waals surface area (Å²) in [5, 5.41) is 25.8. The van der Waals surface area contributed by atoms with Crippen molar-refractivity contribution in [2.45, 2.75) is 37.8 Å². The van der Waals surface area contributed by atoms with E-state index >= 15 is 0 Å². The number of piperidine rings is 1. The van der Waals surface area contributed by atoms with Gasteiger partial charge in [-0.15, -0.1) is 0 Å². The highest BCUT2D eigenvalue weighted by Crippen LogP contribution is 2.51. The molecule has 1 amide bonds. The van der Waals surface area contributed by atoms with Gasteiger partial charge in [-0.25, -0.2) is 0 Å². The molecular weight excluding hydrogens is 340 g/mol. The van der Waals surface area contributed by atoms with Crippen LogP contribution in [-0.2, 0) is 10.3 Å². The van der Waals surface area contributed by atoms with Crippen LogP contribution in [0.3, 0.4) is 0 Å². The van der Waals surface area contributed by atoms with Crippen molar-refractivity contribution in [3.05, 3.63) is 28.9 Å². The maximum absolute atomic E-state index is 11.9. The lowest BCUT2D eigenvalue weighted by molar-refractivity contribution is -0.132. The van der Waals surface area contributed by atoms with Gasteiger partial charge in [0.15, 0.2) is 0 Å². The van der Waals surface area contributed by atoms with Crippen LogP contribution in [0.15, 0.2) is 18.3 Å². The maximum atomic E-state index is 11.9. The third kappa shape index (κ3) is 2.26. The van der Waals surface area contributed by atoms with Crippen LogP contribution >= 0.6 is 11.6 Å². The highest BCUT2D eigenvalue weighted by molar-refractivity contribution is 6.31. The summed E-state index contributed by atoms with van der Waals surface area (Å²) in [4.78, 5) is 13.7. The van der Waals surface area contributed by atoms with Gasteiger partial charge in [0.1, 0.15) is 12.5 Å². The molecule has 2 atom stereocenters. The number of aromatic nitrogens is 2. The lowest BCUT2D eigenvalue weighted by atomic mass is 9.75. The molecule has 130 valence electrons. The molecule has 1 aromatic carbocycles. The fourth-order valence-electron chi connectivity index (χ4n) is 4.46. The SMILES string of the molecule is CC1(C2CCN(C(=O)CC#N)CC2)C(O)c2cc(Cl)cc3cnn1c23. The van der Waals surface area contributed by atoms with Gasteiger partial charge in [-0.3, -0.25) is 9.48 Å². The van der Waals surface area contributed by atoms with Crippen molar-refractivity contribution in [1.29, 1.82) is 5.26 Å². The van der Waals surface area contributed by atoms with E-state index in [0.29, 0.717) is 18.1 Å². The molecule has 6 nitrogen and oxygen atoms in total. The Morgan fingerprint density at radius 2 is 2.20 bits per heavy atom. The minimum Gasteiger partial charge on any atom is -0.386 e. The number of hydrogen-bond acceptors (Lipinski definition) is 4. The fraction of sp³-hybridized carbons (Fsp3) is 0.500. The number of carbonyl (C=O) groups excluding carboxylic acids is 1. The molecule has 0 bridgehead atoms. The predicted molar refractivity (Wildman–Crippen MR) is 92.9 cm³/mol. The number of hydrogen-bond donors (Lipinski definition) is 1. The highest BCUT2D eigenvalue weighted by Gasteiger charge is 2.50. The third-order valence-electron chi connectivity index (χ3n) is 5.87. The summed E-state index contributed by atoms with van der Waals surface area (Å²) in [6.45, 7) is 3.25. The summed E-state index contributed by atoms with van der Waals surface area (Å²) in [7, 11) is 0. The van der Waals surface area contributed by atoms with Gasteiger partial charge in [-0.1, -0.05) is 11.6 Å². The van der Waals surface area contributed by atoms with Crippen molar-refractivity contribution >= 4 is 28.4 Å². The second kappa shape index (κ2) is 5.72. The van der Waals surface area contributed by atoms with E-state index in [1.165, 1.54) is 0 Å². The summed E-state index contributed by atoms with van der Waals surface area (Å²) in [6.07, 6.45) is 2.58. The summed E-state index contributed by atoms with van der Waals surface area (Å²) in [5.41, 5.74) is 1.21. The van der Waals surface area contributed by atoms with Crippen LogP contribution in [0.4, 0.5) is 0 Å². The van der Waals surface area contributed by atoms with Gasteiger partial charge in [0.2, 0.25) is 5.91 Å². The molecule has 1 fully saturated rings. The normalized spacial score (nSPS) is 26.2. The summed E-state index contributed by atoms with van der Waals surface area (Å²) >= 11 is 6.19. The Balaban J connectivity index is 1.63. The van der Waals surface area contributed by atoms with E-state index in [2.05, 4.69) is 5.10 Å². The largest absolute Gasteiger partial charge is 0.386 e. The Hall–Kier alpha value is -2.10. The molecule has 1 N–H and O–H groups in total. The van der Waals surface area contributed by atoms with Gasteiger partial charge < -0.3 is 10.0 Å². The van der Waals surface area contributed by atoms with Gasteiger partial charge in [-0.2, -0.15) is 10.4 Å². The summed E-state index contributed by atoms with van der Waals surface area (Å²) in [5.74, 6) is 0.0672. The number of likely N-dealkylation sites (tertiary alicyclic amines) is 1. The number of halogens is 1. The summed E-state index contributed by atoms with van der Waals surface area (Å²) < 4.78 is 1.94. The standard InChI is InChI=1S/C18H19ClN4O2/c1-18(12-3-6-22(7-4-12)15(24)2-5-20)17(25)14-9-13(19)8-11-10-21-23(18)16(11)14/h8-10,12,17,25H,2-4,6-7H2,1H3. The summed E-state index contributed by atoms with van der Waals surface area (Å²) in [6, 6.07) is 5.60. The van der Waals surface area contributed by atoms with Crippen molar-refractivity contribution < 1.29 is 9.90 Å². The Kier molecular flexibility index (Phi) is 3.75. The first-order valence-corrected chi connectivity index (χ1v) is 8.85. The third-order valence-corrected chi connectivity index (χ3v) is 6.08. The van der Waals surface area contributed by atoms with E-state index in [9.17, 15) is 9.90 Å². The maximum Gasteiger partial charge on any atom is 0.236 e. The zero-order valence-electron chi connectivity index (χ0n) is 13.9. The van der Waals surface area contributed by atoms with Crippen LogP contribution in [0.1, 0.15) is 37.9 Å². The van der Waals surface area contributed by atoms with E-state index in [0.717, 1.165) is 29.3 Å². The topological polar surface area (TPSA) is 82.2 Å². The molecule has 4 rings (SSSR count). The Morgan fingerprint density at radius 1 is 1.48 bits per heavy atom. The van der Waals surface area contributed by atoms with E-state index in [1.54, 1.807) is 11.1 Å². The molecule has 0 aliphatic carbocycles. The van der Waals surface area contributed by atoms with E-state index in [-0.39, 0.29) is 18.2 Å². The number of benzene rings is 1. The Labute approximate surface area is 150 Å². The average molecular weight is 359 g/mol. The zero-order chi connectivity index (χ0) is 17.8. The molecule has 0 saturated carbocycles. The molecule has 2 unspecified atom stereocenters. The Morgan fingerprint density at radius 3 is 2.88 bits per heavy atom. The number of rotatable bonds is 2. The van der Waals surface area contributed by atoms with Crippen molar-refractivity contribution in [1.82, 2.24) is 14.7 Å². The molecule has 0 spiro atoms. The van der Waals surface area contributed by atoms with Gasteiger partial charge in [-0.05, 0) is 37.8 Å². The van der Waals surface area contributed by atoms with Gasteiger partial charge >= 0.3 is 0 Å². The van der Waals surface area contributed by atoms with Crippen LogP contribution in [-0.4, -0.2) is 38.8 Å². The monoisotopic (exact) mass is 358 g/mol. The van der Waals surface area contributed by atoms with E-state index < -0.39 is 11.6 Å². The van der Waals surface area contributed by atoms with Crippen molar-refractivity contribution in [3.8, 4) is 6.07 Å². The molecule has 2 aliphatic rings. The smallest absolute Gasteiger partial charge is 0.236 e. The molecule has 2 aromatic rings. The van der Waals surface area contributed by atoms with Crippen LogP contribution in [0, 0.1) is 17.2 Å². The number of aliphatic hydroxyl groups excluding tert-OH is 1. The number of carbonyl (C=O) groups is 1. The minimum atomic E-state index is -0.677. The fourth-order valence-corrected chi connectivity index (χ4v) is 4.69. The van der Waals surface area contributed by atoms with Crippen LogP contribution in [0.2, 0.25) is 5.02 Å². The van der Waals surface area contributed by atoms with Crippen LogP contribution < -0.4 is 0 Å². The van der Waals surface area contributed by atoms with E-state index in [4.69, 9.17) is 16.9 Å². The predicted octanol–water partition coefficient (Wildman–Crippen LogP) is 2.60. The first-order valence-electron chi connectivity index (χ1n) is 8.47. The first kappa shape index (κ1) is 16.4. The first-order chi connectivity index (χ1) is 12.0. The molecule has 2 aliphatic heterocycles. The lowest BCUT2D eigenvalue weighted by Crippen LogP contribution is -2.48.